The lowest BCUT2D eigenvalue weighted by Crippen LogP contribution is -1.98. The van der Waals surface area contributed by atoms with Crippen molar-refractivity contribution >= 4 is 12.1 Å². The van der Waals surface area contributed by atoms with Crippen LogP contribution >= 0.6 is 0 Å². The monoisotopic (exact) mass is 277 g/mol. The van der Waals surface area contributed by atoms with Crippen molar-refractivity contribution in [3.05, 3.63) is 40.2 Å². The van der Waals surface area contributed by atoms with Crippen LogP contribution in [0, 0.1) is 10.1 Å². The largest absolute Gasteiger partial charge is 0.493 e. The number of nitro groups is 1. The summed E-state index contributed by atoms with van der Waals surface area (Å²) < 4.78 is 12.0. The van der Waals surface area contributed by atoms with Crippen LogP contribution in [-0.4, -0.2) is 27.9 Å². The number of methoxy groups -OCH3 is 1. The molecule has 1 aromatic carbocycles. The lowest BCUT2D eigenvalue weighted by molar-refractivity contribution is -0.390. The van der Waals surface area contributed by atoms with Crippen molar-refractivity contribution in [1.29, 1.82) is 0 Å². The van der Waals surface area contributed by atoms with Gasteiger partial charge in [-0.15, -0.1) is 0 Å². The van der Waals surface area contributed by atoms with Crippen LogP contribution in [0.2, 0.25) is 0 Å². The van der Waals surface area contributed by atoms with Gasteiger partial charge in [-0.25, -0.2) is 0 Å². The van der Waals surface area contributed by atoms with Crippen molar-refractivity contribution in [2.24, 2.45) is 7.05 Å². The fourth-order valence-corrected chi connectivity index (χ4v) is 1.60. The molecule has 0 aliphatic heterocycles. The first-order chi connectivity index (χ1) is 9.56. The minimum absolute atomic E-state index is 0.0212. The van der Waals surface area contributed by atoms with Gasteiger partial charge < -0.3 is 19.6 Å². The topological polar surface area (TPSA) is 96.5 Å². The summed E-state index contributed by atoms with van der Waals surface area (Å²) in [7, 11) is 2.98. The molecule has 20 heavy (non-hydrogen) atoms. The number of imidazole rings is 1. The minimum Gasteiger partial charge on any atom is -0.493 e. The average molecular weight is 277 g/mol. The predicted octanol–water partition coefficient (Wildman–Crippen LogP) is 1.94. The molecular formula is C12H11N3O5. The molecule has 0 aliphatic carbocycles. The number of rotatable bonds is 5. The Morgan fingerprint density at radius 2 is 2.15 bits per heavy atom. The van der Waals surface area contributed by atoms with Gasteiger partial charge in [0.2, 0.25) is 6.33 Å². The number of aryl methyl sites for hydroxylation is 1. The molecule has 0 saturated heterocycles. The number of ether oxygens (including phenoxy) is 2. The molecule has 0 unspecified atom stereocenters. The van der Waals surface area contributed by atoms with Crippen molar-refractivity contribution in [3.8, 4) is 17.4 Å². The van der Waals surface area contributed by atoms with E-state index in [2.05, 4.69) is 4.98 Å². The van der Waals surface area contributed by atoms with Gasteiger partial charge in [0, 0.05) is 12.6 Å². The summed E-state index contributed by atoms with van der Waals surface area (Å²) in [5, 5.41) is 10.9. The Kier molecular flexibility index (Phi) is 3.65. The van der Waals surface area contributed by atoms with Gasteiger partial charge in [-0.1, -0.05) is 0 Å². The first kappa shape index (κ1) is 13.5. The maximum atomic E-state index is 10.9. The van der Waals surface area contributed by atoms with E-state index in [9.17, 15) is 14.9 Å². The molecule has 1 aromatic heterocycles. The molecule has 2 rings (SSSR count). The number of hydrogen-bond donors (Lipinski definition) is 0. The molecule has 0 fully saturated rings. The SMILES string of the molecule is COc1cc(C=O)ccc1Oc1c([N+](=O)[O-])ncn1C. The van der Waals surface area contributed by atoms with Gasteiger partial charge in [-0.3, -0.25) is 9.36 Å². The first-order valence-corrected chi connectivity index (χ1v) is 5.53. The van der Waals surface area contributed by atoms with E-state index in [4.69, 9.17) is 9.47 Å². The van der Waals surface area contributed by atoms with Crippen LogP contribution in [-0.2, 0) is 7.05 Å². The van der Waals surface area contributed by atoms with Crippen molar-refractivity contribution in [1.82, 2.24) is 9.55 Å². The normalized spacial score (nSPS) is 10.1. The van der Waals surface area contributed by atoms with Gasteiger partial charge >= 0.3 is 11.7 Å². The molecule has 1 heterocycles. The second kappa shape index (κ2) is 5.39. The number of aromatic nitrogens is 2. The molecule has 0 radical (unpaired) electrons. The van der Waals surface area contributed by atoms with Gasteiger partial charge in [0.25, 0.3) is 0 Å². The Bertz CT molecular complexity index is 665. The van der Waals surface area contributed by atoms with E-state index >= 15 is 0 Å². The maximum Gasteiger partial charge on any atom is 0.427 e. The maximum absolute atomic E-state index is 10.9. The molecule has 104 valence electrons. The summed E-state index contributed by atoms with van der Waals surface area (Å²) in [6, 6.07) is 4.50. The highest BCUT2D eigenvalue weighted by atomic mass is 16.6. The second-order valence-electron chi connectivity index (χ2n) is 3.87. The standard InChI is InChI=1S/C12H11N3O5/c1-14-7-13-11(15(17)18)12(14)20-9-4-3-8(6-16)5-10(9)19-2/h3-7H,1-2H3. The number of nitrogens with zero attached hydrogens (tertiary/aromatic N) is 3. The predicted molar refractivity (Wildman–Crippen MR) is 68.3 cm³/mol. The molecular weight excluding hydrogens is 266 g/mol. The zero-order valence-corrected chi connectivity index (χ0v) is 10.8. The van der Waals surface area contributed by atoms with Crippen LogP contribution in [0.15, 0.2) is 24.5 Å². The average Bonchev–Trinajstić information content (AvgIpc) is 2.81. The molecule has 8 nitrogen and oxygen atoms in total. The lowest BCUT2D eigenvalue weighted by Gasteiger charge is -2.10. The molecule has 0 amide bonds. The Hall–Kier alpha value is -2.90. The van der Waals surface area contributed by atoms with E-state index in [1.54, 1.807) is 7.05 Å². The number of hydrogen-bond acceptors (Lipinski definition) is 6. The van der Waals surface area contributed by atoms with E-state index in [-0.39, 0.29) is 11.6 Å². The Balaban J connectivity index is 2.42. The number of aldehydes is 1. The summed E-state index contributed by atoms with van der Waals surface area (Å²) in [6.07, 6.45) is 1.94. The zero-order chi connectivity index (χ0) is 14.7. The van der Waals surface area contributed by atoms with Gasteiger partial charge in [-0.2, -0.15) is 0 Å². The molecule has 0 saturated carbocycles. The summed E-state index contributed by atoms with van der Waals surface area (Å²) in [5.74, 6) is 0.135. The molecule has 8 heteroatoms. The van der Waals surface area contributed by atoms with Gasteiger partial charge in [0.05, 0.1) is 7.11 Å². The molecule has 0 spiro atoms. The molecule has 0 atom stereocenters. The van der Waals surface area contributed by atoms with Gasteiger partial charge in [0.15, 0.2) is 11.5 Å². The van der Waals surface area contributed by atoms with Gasteiger partial charge in [0.1, 0.15) is 6.29 Å². The summed E-state index contributed by atoms with van der Waals surface area (Å²) in [4.78, 5) is 24.6. The third-order valence-corrected chi connectivity index (χ3v) is 2.57. The zero-order valence-electron chi connectivity index (χ0n) is 10.8. The van der Waals surface area contributed by atoms with Crippen molar-refractivity contribution in [2.45, 2.75) is 0 Å². The Labute approximate surface area is 113 Å². The Morgan fingerprint density at radius 3 is 2.75 bits per heavy atom. The highest BCUT2D eigenvalue weighted by Gasteiger charge is 2.23. The summed E-state index contributed by atoms with van der Waals surface area (Å²) in [6.45, 7) is 0. The quantitative estimate of drug-likeness (QED) is 0.470. The van der Waals surface area contributed by atoms with Crippen LogP contribution < -0.4 is 9.47 Å². The Morgan fingerprint density at radius 1 is 1.40 bits per heavy atom. The van der Waals surface area contributed by atoms with Crippen LogP contribution in [0.5, 0.6) is 17.4 Å². The number of carbonyl (C=O) groups excluding carboxylic acids is 1. The van der Waals surface area contributed by atoms with E-state index < -0.39 is 10.7 Å². The van der Waals surface area contributed by atoms with E-state index in [0.717, 1.165) is 0 Å². The highest BCUT2D eigenvalue weighted by molar-refractivity contribution is 5.76. The molecule has 0 bridgehead atoms. The minimum atomic E-state index is -0.637. The van der Waals surface area contributed by atoms with Crippen molar-refractivity contribution in [2.75, 3.05) is 7.11 Å². The third-order valence-electron chi connectivity index (χ3n) is 2.57. The highest BCUT2D eigenvalue weighted by Crippen LogP contribution is 2.35. The van der Waals surface area contributed by atoms with E-state index in [1.165, 1.54) is 36.2 Å². The molecule has 2 aromatic rings. The number of carbonyl (C=O) groups is 1. The van der Waals surface area contributed by atoms with Crippen molar-refractivity contribution in [3.63, 3.8) is 0 Å². The summed E-state index contributed by atoms with van der Waals surface area (Å²) in [5.41, 5.74) is 0.411. The second-order valence-corrected chi connectivity index (χ2v) is 3.87. The third kappa shape index (κ3) is 2.44. The van der Waals surface area contributed by atoms with E-state index in [1.807, 2.05) is 0 Å². The summed E-state index contributed by atoms with van der Waals surface area (Å²) >= 11 is 0. The lowest BCUT2D eigenvalue weighted by atomic mass is 10.2. The fraction of sp³-hybridized carbons (Fsp3) is 0.167. The molecule has 0 N–H and O–H groups in total. The van der Waals surface area contributed by atoms with Crippen LogP contribution in [0.3, 0.4) is 0 Å². The first-order valence-electron chi connectivity index (χ1n) is 5.53. The van der Waals surface area contributed by atoms with Crippen LogP contribution in [0.4, 0.5) is 5.82 Å². The fourth-order valence-electron chi connectivity index (χ4n) is 1.60. The number of benzene rings is 1. The smallest absolute Gasteiger partial charge is 0.427 e. The van der Waals surface area contributed by atoms with Crippen LogP contribution in [0.1, 0.15) is 10.4 Å². The van der Waals surface area contributed by atoms with Crippen molar-refractivity contribution < 1.29 is 19.2 Å². The molecule has 0 aliphatic rings. The van der Waals surface area contributed by atoms with Crippen LogP contribution in [0.25, 0.3) is 0 Å². The van der Waals surface area contributed by atoms with Gasteiger partial charge in [-0.05, 0) is 28.1 Å². The van der Waals surface area contributed by atoms with E-state index in [0.29, 0.717) is 17.6 Å².